The number of hydrogen-bond donors (Lipinski definition) is 1. The Hall–Kier alpha value is -1.10. The highest BCUT2D eigenvalue weighted by molar-refractivity contribution is 7.15. The van der Waals surface area contributed by atoms with Crippen LogP contribution in [-0.4, -0.2) is 29.1 Å². The van der Waals surface area contributed by atoms with Gasteiger partial charge in [-0.2, -0.15) is 0 Å². The number of nitrogens with zero attached hydrogens (tertiary/aromatic N) is 2. The van der Waals surface area contributed by atoms with E-state index in [-0.39, 0.29) is 5.92 Å². The van der Waals surface area contributed by atoms with Crippen molar-refractivity contribution in [2.45, 2.75) is 51.9 Å². The van der Waals surface area contributed by atoms with Crippen molar-refractivity contribution in [1.82, 2.24) is 4.98 Å². The van der Waals surface area contributed by atoms with Gasteiger partial charge in [0.1, 0.15) is 5.92 Å². The Kier molecular flexibility index (Phi) is 3.48. The lowest BCUT2D eigenvalue weighted by molar-refractivity contribution is -0.138. The van der Waals surface area contributed by atoms with Crippen LogP contribution in [0.3, 0.4) is 0 Å². The Morgan fingerprint density at radius 2 is 2.20 bits per heavy atom. The highest BCUT2D eigenvalue weighted by atomic mass is 32.1. The maximum absolute atomic E-state index is 11.2. The molecule has 1 unspecified atom stereocenters. The second kappa shape index (κ2) is 5.02. The van der Waals surface area contributed by atoms with Gasteiger partial charge in [0.25, 0.3) is 0 Å². The van der Waals surface area contributed by atoms with E-state index >= 15 is 0 Å². The summed E-state index contributed by atoms with van der Waals surface area (Å²) in [5, 5.41) is 10.3. The Morgan fingerprint density at radius 1 is 1.50 bits per heavy atom. The highest BCUT2D eigenvalue weighted by Crippen LogP contribution is 2.42. The van der Waals surface area contributed by atoms with Crippen LogP contribution in [0.4, 0.5) is 5.13 Å². The van der Waals surface area contributed by atoms with Crippen LogP contribution in [0, 0.1) is 5.41 Å². The number of carbonyl (C=O) groups is 1. The van der Waals surface area contributed by atoms with E-state index in [1.54, 1.807) is 11.3 Å². The first-order valence-electron chi connectivity index (χ1n) is 7.50. The molecule has 110 valence electrons. The average Bonchev–Trinajstić information content (AvgIpc) is 2.99. The van der Waals surface area contributed by atoms with Crippen LogP contribution in [0.2, 0.25) is 0 Å². The van der Waals surface area contributed by atoms with Gasteiger partial charge in [-0.05, 0) is 31.1 Å². The summed E-state index contributed by atoms with van der Waals surface area (Å²) in [5.41, 5.74) is 1.31. The molecule has 5 heteroatoms. The molecule has 0 radical (unpaired) electrons. The van der Waals surface area contributed by atoms with E-state index in [1.165, 1.54) is 24.1 Å². The molecule has 20 heavy (non-hydrogen) atoms. The zero-order valence-corrected chi connectivity index (χ0v) is 13.0. The summed E-state index contributed by atoms with van der Waals surface area (Å²) < 4.78 is 0. The largest absolute Gasteiger partial charge is 0.481 e. The van der Waals surface area contributed by atoms with Gasteiger partial charge in [0, 0.05) is 18.0 Å². The topological polar surface area (TPSA) is 53.4 Å². The molecule has 1 aromatic heterocycles. The fourth-order valence-corrected chi connectivity index (χ4v) is 4.37. The van der Waals surface area contributed by atoms with Gasteiger partial charge in [0.2, 0.25) is 0 Å². The first-order valence-corrected chi connectivity index (χ1v) is 8.31. The fourth-order valence-electron chi connectivity index (χ4n) is 3.18. The van der Waals surface area contributed by atoms with Crippen molar-refractivity contribution < 1.29 is 9.90 Å². The summed E-state index contributed by atoms with van der Waals surface area (Å²) in [4.78, 5) is 19.4. The van der Waals surface area contributed by atoms with E-state index in [0.29, 0.717) is 5.41 Å². The van der Waals surface area contributed by atoms with Crippen molar-refractivity contribution in [3.05, 3.63) is 10.6 Å². The Bertz CT molecular complexity index is 518. The van der Waals surface area contributed by atoms with Crippen molar-refractivity contribution in [2.75, 3.05) is 18.0 Å². The number of rotatable bonds is 3. The maximum Gasteiger partial charge on any atom is 0.312 e. The van der Waals surface area contributed by atoms with Gasteiger partial charge in [-0.25, -0.2) is 4.98 Å². The molecule has 2 heterocycles. The Morgan fingerprint density at radius 3 is 2.80 bits per heavy atom. The third-order valence-electron chi connectivity index (χ3n) is 5.10. The molecule has 4 nitrogen and oxygen atoms in total. The van der Waals surface area contributed by atoms with E-state index in [0.717, 1.165) is 36.8 Å². The van der Waals surface area contributed by atoms with Gasteiger partial charge in [0.05, 0.1) is 5.69 Å². The number of aryl methyl sites for hydroxylation is 1. The number of carboxylic acid groups (broad SMARTS) is 1. The molecule has 0 amide bonds. The van der Waals surface area contributed by atoms with Gasteiger partial charge < -0.3 is 10.0 Å². The van der Waals surface area contributed by atoms with E-state index in [2.05, 4.69) is 23.7 Å². The molecular formula is C15H22N2O2S. The van der Waals surface area contributed by atoms with Crippen LogP contribution in [0.1, 0.15) is 56.0 Å². The standard InChI is InChI=1S/C15H22N2O2S/c1-3-15(2)6-8-17(9-7-15)14-16-12-10(13(18)19)4-5-11(12)20-14/h10H,3-9H2,1-2H3,(H,18,19). The summed E-state index contributed by atoms with van der Waals surface area (Å²) >= 11 is 1.71. The minimum absolute atomic E-state index is 0.374. The van der Waals surface area contributed by atoms with Crippen LogP contribution in [-0.2, 0) is 11.2 Å². The fraction of sp³-hybridized carbons (Fsp3) is 0.733. The zero-order chi connectivity index (χ0) is 14.3. The zero-order valence-electron chi connectivity index (χ0n) is 12.2. The molecular weight excluding hydrogens is 272 g/mol. The van der Waals surface area contributed by atoms with Crippen molar-refractivity contribution in [3.8, 4) is 0 Å². The predicted octanol–water partition coefficient (Wildman–Crippen LogP) is 3.27. The van der Waals surface area contributed by atoms with Crippen molar-refractivity contribution in [2.24, 2.45) is 5.41 Å². The molecule has 1 fully saturated rings. The van der Waals surface area contributed by atoms with Gasteiger partial charge in [0.15, 0.2) is 5.13 Å². The first kappa shape index (κ1) is 13.9. The lowest BCUT2D eigenvalue weighted by atomic mass is 9.78. The second-order valence-electron chi connectivity index (χ2n) is 6.39. The van der Waals surface area contributed by atoms with Crippen LogP contribution in [0.5, 0.6) is 0 Å². The van der Waals surface area contributed by atoms with Crippen molar-refractivity contribution >= 4 is 22.4 Å². The van der Waals surface area contributed by atoms with Crippen molar-refractivity contribution in [1.29, 1.82) is 0 Å². The molecule has 2 aliphatic rings. The molecule has 0 bridgehead atoms. The minimum Gasteiger partial charge on any atom is -0.481 e. The number of anilines is 1. The molecule has 1 aliphatic heterocycles. The molecule has 0 saturated carbocycles. The van der Waals surface area contributed by atoms with Gasteiger partial charge >= 0.3 is 5.97 Å². The SMILES string of the molecule is CCC1(C)CCN(c2nc3c(s2)CCC3C(=O)O)CC1. The number of aromatic nitrogens is 1. The van der Waals surface area contributed by atoms with E-state index in [1.807, 2.05) is 0 Å². The summed E-state index contributed by atoms with van der Waals surface area (Å²) in [7, 11) is 0. The number of fused-ring (bicyclic) bond motifs is 1. The second-order valence-corrected chi connectivity index (χ2v) is 7.45. The maximum atomic E-state index is 11.2. The predicted molar refractivity (Wildman–Crippen MR) is 80.7 cm³/mol. The molecule has 1 N–H and O–H groups in total. The molecule has 0 spiro atoms. The quantitative estimate of drug-likeness (QED) is 0.929. The summed E-state index contributed by atoms with van der Waals surface area (Å²) in [6.07, 6.45) is 5.24. The number of carboxylic acids is 1. The van der Waals surface area contributed by atoms with Gasteiger partial charge in [-0.1, -0.05) is 20.3 Å². The number of piperidine rings is 1. The highest BCUT2D eigenvalue weighted by Gasteiger charge is 2.35. The molecule has 1 saturated heterocycles. The van der Waals surface area contributed by atoms with Crippen LogP contribution in [0.25, 0.3) is 0 Å². The van der Waals surface area contributed by atoms with E-state index in [9.17, 15) is 9.90 Å². The van der Waals surface area contributed by atoms with E-state index < -0.39 is 5.97 Å². The smallest absolute Gasteiger partial charge is 0.312 e. The average molecular weight is 294 g/mol. The normalized spacial score (nSPS) is 24.7. The number of aliphatic carboxylic acids is 1. The lowest BCUT2D eigenvalue weighted by Gasteiger charge is -2.38. The number of thiazole rings is 1. The first-order chi connectivity index (χ1) is 9.52. The summed E-state index contributed by atoms with van der Waals surface area (Å²) in [6.45, 7) is 6.74. The van der Waals surface area contributed by atoms with Gasteiger partial charge in [-0.15, -0.1) is 11.3 Å². The third kappa shape index (κ3) is 2.32. The number of hydrogen-bond acceptors (Lipinski definition) is 4. The van der Waals surface area contributed by atoms with E-state index in [4.69, 9.17) is 0 Å². The molecule has 0 aromatic carbocycles. The third-order valence-corrected chi connectivity index (χ3v) is 6.29. The molecule has 1 aliphatic carbocycles. The summed E-state index contributed by atoms with van der Waals surface area (Å²) in [5.74, 6) is -1.10. The van der Waals surface area contributed by atoms with Gasteiger partial charge in [-0.3, -0.25) is 4.79 Å². The molecule has 1 atom stereocenters. The van der Waals surface area contributed by atoms with Crippen LogP contribution >= 0.6 is 11.3 Å². The monoisotopic (exact) mass is 294 g/mol. The lowest BCUT2D eigenvalue weighted by Crippen LogP contribution is -2.38. The minimum atomic E-state index is -0.724. The Labute approximate surface area is 123 Å². The van der Waals surface area contributed by atoms with Crippen LogP contribution in [0.15, 0.2) is 0 Å². The summed E-state index contributed by atoms with van der Waals surface area (Å²) in [6, 6.07) is 0. The van der Waals surface area contributed by atoms with Crippen LogP contribution < -0.4 is 4.90 Å². The molecule has 3 rings (SSSR count). The van der Waals surface area contributed by atoms with Crippen molar-refractivity contribution in [3.63, 3.8) is 0 Å². The molecule has 1 aromatic rings. The Balaban J connectivity index is 1.74.